The lowest BCUT2D eigenvalue weighted by molar-refractivity contribution is -0.373. The average Bonchev–Trinajstić information content (AvgIpc) is 3.10. The van der Waals surface area contributed by atoms with Gasteiger partial charge in [0.2, 0.25) is 5.79 Å². The minimum absolute atomic E-state index is 0.0178. The fourth-order valence-corrected chi connectivity index (χ4v) is 5.17. The highest BCUT2D eigenvalue weighted by Gasteiger charge is 2.55. The van der Waals surface area contributed by atoms with E-state index in [1.807, 2.05) is 121 Å². The van der Waals surface area contributed by atoms with Crippen LogP contribution in [0.2, 0.25) is 0 Å². The summed E-state index contributed by atoms with van der Waals surface area (Å²) in [5, 5.41) is 19.9. The van der Waals surface area contributed by atoms with E-state index < -0.39 is 36.8 Å². The second-order valence-corrected chi connectivity index (χ2v) is 11.1. The average molecular weight is 615 g/mol. The van der Waals surface area contributed by atoms with Crippen LogP contribution in [0.1, 0.15) is 22.3 Å². The Hall–Kier alpha value is -3.44. The van der Waals surface area contributed by atoms with Crippen LogP contribution in [0.15, 0.2) is 121 Å². The zero-order valence-electron chi connectivity index (χ0n) is 25.4. The molecule has 4 aromatic carbocycles. The predicted octanol–water partition coefficient (Wildman–Crippen LogP) is 5.06. The highest BCUT2D eigenvalue weighted by Crippen LogP contribution is 2.35. The fraction of sp³-hybridized carbons (Fsp3) is 0.351. The van der Waals surface area contributed by atoms with Crippen molar-refractivity contribution in [2.45, 2.75) is 56.6 Å². The van der Waals surface area contributed by atoms with Crippen molar-refractivity contribution in [2.24, 2.45) is 0 Å². The highest BCUT2D eigenvalue weighted by atomic mass is 16.7. The maximum Gasteiger partial charge on any atom is 0.221 e. The van der Waals surface area contributed by atoms with E-state index in [2.05, 4.69) is 0 Å². The Morgan fingerprint density at radius 1 is 0.644 bits per heavy atom. The Morgan fingerprint density at radius 2 is 1.11 bits per heavy atom. The summed E-state index contributed by atoms with van der Waals surface area (Å²) < 4.78 is 38.8. The van der Waals surface area contributed by atoms with Crippen LogP contribution in [0, 0.1) is 0 Å². The minimum Gasteiger partial charge on any atom is -0.394 e. The topological polar surface area (TPSA) is 95.8 Å². The van der Waals surface area contributed by atoms with Gasteiger partial charge in [0.1, 0.15) is 31.0 Å². The highest BCUT2D eigenvalue weighted by molar-refractivity contribution is 5.16. The standard InChI is InChI=1S/C37H42O8/c38-21-33(39)26-44-37(28-40-22-29-13-5-1-6-14-29)36(43-25-32-19-11-4-12-20-32)35(42-24-31-17-9-3-10-18-31)34(27-45-37)41-23-30-15-7-2-8-16-30/h1-20,33-36,38-39H,21-28H2/t33?,34-,35-,36+,37-/m1/s1. The molecule has 8 heteroatoms. The van der Waals surface area contributed by atoms with Gasteiger partial charge < -0.3 is 38.6 Å². The molecule has 2 N–H and O–H groups in total. The lowest BCUT2D eigenvalue weighted by atomic mass is 9.95. The molecule has 5 rings (SSSR count). The van der Waals surface area contributed by atoms with Crippen molar-refractivity contribution in [1.29, 1.82) is 0 Å². The molecule has 0 aliphatic carbocycles. The molecule has 1 aliphatic heterocycles. The largest absolute Gasteiger partial charge is 0.394 e. The van der Waals surface area contributed by atoms with Gasteiger partial charge in [-0.25, -0.2) is 0 Å². The lowest BCUT2D eigenvalue weighted by Crippen LogP contribution is -2.66. The van der Waals surface area contributed by atoms with E-state index in [9.17, 15) is 10.2 Å². The molecule has 0 aromatic heterocycles. The van der Waals surface area contributed by atoms with Gasteiger partial charge >= 0.3 is 0 Å². The van der Waals surface area contributed by atoms with E-state index >= 15 is 0 Å². The molecule has 45 heavy (non-hydrogen) atoms. The van der Waals surface area contributed by atoms with Gasteiger partial charge in [0.05, 0.1) is 46.2 Å². The fourth-order valence-electron chi connectivity index (χ4n) is 5.17. The molecule has 8 nitrogen and oxygen atoms in total. The maximum absolute atomic E-state index is 10.3. The smallest absolute Gasteiger partial charge is 0.221 e. The molecule has 4 aromatic rings. The summed E-state index contributed by atoms with van der Waals surface area (Å²) in [6, 6.07) is 39.5. The van der Waals surface area contributed by atoms with Gasteiger partial charge in [-0.05, 0) is 22.3 Å². The first kappa shape index (κ1) is 32.9. The van der Waals surface area contributed by atoms with Gasteiger partial charge in [-0.15, -0.1) is 0 Å². The Morgan fingerprint density at radius 3 is 1.62 bits per heavy atom. The van der Waals surface area contributed by atoms with Gasteiger partial charge in [-0.3, -0.25) is 0 Å². The van der Waals surface area contributed by atoms with Crippen molar-refractivity contribution in [1.82, 2.24) is 0 Å². The number of aliphatic hydroxyl groups is 2. The molecule has 1 unspecified atom stereocenters. The van der Waals surface area contributed by atoms with Crippen LogP contribution in [-0.4, -0.2) is 66.8 Å². The van der Waals surface area contributed by atoms with E-state index in [4.69, 9.17) is 28.4 Å². The Labute approximate surface area is 265 Å². The van der Waals surface area contributed by atoms with Crippen LogP contribution < -0.4 is 0 Å². The first-order valence-electron chi connectivity index (χ1n) is 15.3. The monoisotopic (exact) mass is 614 g/mol. The summed E-state index contributed by atoms with van der Waals surface area (Å²) in [6.07, 6.45) is -3.11. The van der Waals surface area contributed by atoms with Crippen LogP contribution in [0.3, 0.4) is 0 Å². The molecule has 1 heterocycles. The molecule has 0 radical (unpaired) electrons. The summed E-state index contributed by atoms with van der Waals surface area (Å²) >= 11 is 0. The summed E-state index contributed by atoms with van der Waals surface area (Å²) in [4.78, 5) is 0. The Balaban J connectivity index is 1.45. The van der Waals surface area contributed by atoms with Crippen LogP contribution in [0.5, 0.6) is 0 Å². The molecule has 1 aliphatic rings. The van der Waals surface area contributed by atoms with Crippen molar-refractivity contribution < 1.29 is 38.6 Å². The molecule has 1 saturated heterocycles. The summed E-state index contributed by atoms with van der Waals surface area (Å²) in [5.41, 5.74) is 3.96. The molecule has 0 saturated carbocycles. The van der Waals surface area contributed by atoms with Crippen LogP contribution in [-0.2, 0) is 54.8 Å². The molecular weight excluding hydrogens is 572 g/mol. The van der Waals surface area contributed by atoms with Crippen LogP contribution in [0.25, 0.3) is 0 Å². The number of hydrogen-bond acceptors (Lipinski definition) is 8. The number of ether oxygens (including phenoxy) is 6. The van der Waals surface area contributed by atoms with Crippen molar-refractivity contribution >= 4 is 0 Å². The van der Waals surface area contributed by atoms with Gasteiger partial charge in [-0.2, -0.15) is 0 Å². The third kappa shape index (κ3) is 9.77. The van der Waals surface area contributed by atoms with E-state index in [-0.39, 0.29) is 26.4 Å². The molecule has 0 bridgehead atoms. The van der Waals surface area contributed by atoms with Gasteiger partial charge in [0.15, 0.2) is 0 Å². The van der Waals surface area contributed by atoms with Gasteiger partial charge in [0.25, 0.3) is 0 Å². The van der Waals surface area contributed by atoms with Crippen molar-refractivity contribution in [3.63, 3.8) is 0 Å². The quantitative estimate of drug-likeness (QED) is 0.171. The Bertz CT molecular complexity index is 1360. The molecule has 0 amide bonds. The van der Waals surface area contributed by atoms with Crippen molar-refractivity contribution in [3.8, 4) is 0 Å². The van der Waals surface area contributed by atoms with Crippen molar-refractivity contribution in [2.75, 3.05) is 26.4 Å². The maximum atomic E-state index is 10.3. The third-order valence-electron chi connectivity index (χ3n) is 7.60. The second kappa shape index (κ2) is 17.3. The predicted molar refractivity (Wildman–Crippen MR) is 169 cm³/mol. The molecule has 238 valence electrons. The number of aliphatic hydroxyl groups excluding tert-OH is 2. The molecular formula is C37H42O8. The normalized spacial score (nSPS) is 22.2. The Kier molecular flexibility index (Phi) is 12.7. The number of benzene rings is 4. The minimum atomic E-state index is -1.48. The number of rotatable bonds is 17. The van der Waals surface area contributed by atoms with Crippen molar-refractivity contribution in [3.05, 3.63) is 144 Å². The SMILES string of the molecule is OCC(O)CO[C@]1(COCc2ccccc2)OC[C@@H](OCc2ccccc2)[C@@H](OCc2ccccc2)[C@@H]1OCc1ccccc1. The molecule has 1 fully saturated rings. The van der Waals surface area contributed by atoms with E-state index in [1.165, 1.54) is 0 Å². The van der Waals surface area contributed by atoms with Gasteiger partial charge in [0, 0.05) is 0 Å². The van der Waals surface area contributed by atoms with Crippen LogP contribution in [0.4, 0.5) is 0 Å². The molecule has 5 atom stereocenters. The van der Waals surface area contributed by atoms with E-state index in [1.54, 1.807) is 0 Å². The second-order valence-electron chi connectivity index (χ2n) is 11.1. The summed E-state index contributed by atoms with van der Waals surface area (Å²) in [5.74, 6) is -1.48. The van der Waals surface area contributed by atoms with E-state index in [0.29, 0.717) is 19.8 Å². The summed E-state index contributed by atoms with van der Waals surface area (Å²) in [7, 11) is 0. The molecule has 0 spiro atoms. The zero-order valence-corrected chi connectivity index (χ0v) is 25.4. The first-order valence-corrected chi connectivity index (χ1v) is 15.3. The first-order chi connectivity index (χ1) is 22.1. The van der Waals surface area contributed by atoms with Gasteiger partial charge in [-0.1, -0.05) is 121 Å². The summed E-state index contributed by atoms with van der Waals surface area (Å²) in [6.45, 7) is 0.668. The lowest BCUT2D eigenvalue weighted by Gasteiger charge is -2.49. The van der Waals surface area contributed by atoms with Crippen LogP contribution >= 0.6 is 0 Å². The van der Waals surface area contributed by atoms with E-state index in [0.717, 1.165) is 22.3 Å². The zero-order chi connectivity index (χ0) is 31.2. The third-order valence-corrected chi connectivity index (χ3v) is 7.60. The number of hydrogen-bond donors (Lipinski definition) is 2.